The van der Waals surface area contributed by atoms with Gasteiger partial charge in [-0.05, 0) is 44.1 Å². The minimum Gasteiger partial charge on any atom is -0.481 e. The van der Waals surface area contributed by atoms with Gasteiger partial charge in [-0.2, -0.15) is 0 Å². The van der Waals surface area contributed by atoms with Crippen LogP contribution in [0.25, 0.3) is 0 Å². The third-order valence-electron chi connectivity index (χ3n) is 7.33. The first-order valence-electron chi connectivity index (χ1n) is 11.7. The van der Waals surface area contributed by atoms with Crippen molar-refractivity contribution in [2.45, 2.75) is 47.1 Å². The summed E-state index contributed by atoms with van der Waals surface area (Å²) in [6, 6.07) is 9.91. The SMILES string of the molecule is C=C(C)CNC(=O)C(C)(C)[C@H]1C=C[C@@]2(C(=O)O)[C@H](CC(C)=C[C@@H]2COCc2ccccc2)C1. The number of ether oxygens (including phenoxy) is 1. The summed E-state index contributed by atoms with van der Waals surface area (Å²) in [5.74, 6) is -1.24. The van der Waals surface area contributed by atoms with Crippen molar-refractivity contribution < 1.29 is 19.4 Å². The van der Waals surface area contributed by atoms with Crippen LogP contribution < -0.4 is 5.32 Å². The van der Waals surface area contributed by atoms with Crippen LogP contribution in [0.15, 0.2) is 66.3 Å². The molecule has 5 heteroatoms. The number of carbonyl (C=O) groups excluding carboxylic acids is 1. The zero-order valence-electron chi connectivity index (χ0n) is 20.3. The molecule has 5 nitrogen and oxygen atoms in total. The van der Waals surface area contributed by atoms with Crippen molar-refractivity contribution >= 4 is 11.9 Å². The van der Waals surface area contributed by atoms with Crippen molar-refractivity contribution in [2.75, 3.05) is 13.2 Å². The summed E-state index contributed by atoms with van der Waals surface area (Å²) in [5, 5.41) is 13.4. The van der Waals surface area contributed by atoms with Gasteiger partial charge in [0, 0.05) is 17.9 Å². The Labute approximate surface area is 197 Å². The first-order chi connectivity index (χ1) is 15.6. The van der Waals surface area contributed by atoms with E-state index >= 15 is 0 Å². The lowest BCUT2D eigenvalue weighted by atomic mass is 9.54. The van der Waals surface area contributed by atoms with Crippen LogP contribution in [-0.4, -0.2) is 30.1 Å². The van der Waals surface area contributed by atoms with E-state index in [1.165, 1.54) is 5.57 Å². The van der Waals surface area contributed by atoms with Crippen LogP contribution in [0.2, 0.25) is 0 Å². The summed E-state index contributed by atoms with van der Waals surface area (Å²) in [7, 11) is 0. The van der Waals surface area contributed by atoms with Crippen molar-refractivity contribution in [3.05, 3.63) is 71.8 Å². The lowest BCUT2D eigenvalue weighted by Crippen LogP contribution is -2.51. The molecule has 0 spiro atoms. The summed E-state index contributed by atoms with van der Waals surface area (Å²) in [5.41, 5.74) is 1.48. The smallest absolute Gasteiger partial charge is 0.314 e. The standard InChI is InChI=1S/C28H37NO4/c1-19(2)16-29-25(30)27(4,5)22-11-12-28(26(31)32)23(15-22)13-20(3)14-24(28)18-33-17-21-9-7-6-8-10-21/h6-12,14,22-24H,1,13,15-18H2,2-5H3,(H,29,30)(H,31,32)/t22-,23+,24+,28+/m0/s1. The maximum atomic E-state index is 12.9. The molecule has 0 heterocycles. The molecule has 2 N–H and O–H groups in total. The Bertz CT molecular complexity index is 946. The van der Waals surface area contributed by atoms with E-state index in [-0.39, 0.29) is 23.7 Å². The second kappa shape index (κ2) is 10.1. The number of fused-ring (bicyclic) bond motifs is 1. The van der Waals surface area contributed by atoms with Crippen molar-refractivity contribution in [1.29, 1.82) is 0 Å². The van der Waals surface area contributed by atoms with Crippen molar-refractivity contribution in [2.24, 2.45) is 28.6 Å². The van der Waals surface area contributed by atoms with Gasteiger partial charge in [0.05, 0.1) is 18.6 Å². The van der Waals surface area contributed by atoms with E-state index < -0.39 is 16.8 Å². The number of amides is 1. The average Bonchev–Trinajstić information content (AvgIpc) is 2.77. The molecule has 3 rings (SSSR count). The first-order valence-corrected chi connectivity index (χ1v) is 11.7. The number of allylic oxidation sites excluding steroid dienone is 2. The highest BCUT2D eigenvalue weighted by molar-refractivity contribution is 5.83. The summed E-state index contributed by atoms with van der Waals surface area (Å²) >= 11 is 0. The molecule has 178 valence electrons. The van der Waals surface area contributed by atoms with Gasteiger partial charge in [0.1, 0.15) is 0 Å². The fraction of sp³-hybridized carbons (Fsp3) is 0.500. The van der Waals surface area contributed by atoms with Gasteiger partial charge in [-0.25, -0.2) is 0 Å². The molecule has 4 atom stereocenters. The molecule has 2 aliphatic carbocycles. The van der Waals surface area contributed by atoms with E-state index in [0.717, 1.165) is 11.1 Å². The number of carboxylic acids is 1. The zero-order chi connectivity index (χ0) is 24.2. The van der Waals surface area contributed by atoms with Crippen LogP contribution in [0, 0.1) is 28.6 Å². The molecule has 1 aromatic rings. The topological polar surface area (TPSA) is 75.6 Å². The van der Waals surface area contributed by atoms with E-state index in [1.807, 2.05) is 63.3 Å². The fourth-order valence-electron chi connectivity index (χ4n) is 5.24. The summed E-state index contributed by atoms with van der Waals surface area (Å²) in [4.78, 5) is 25.6. The fourth-order valence-corrected chi connectivity index (χ4v) is 5.24. The first kappa shape index (κ1) is 25.0. The Morgan fingerprint density at radius 2 is 1.97 bits per heavy atom. The number of benzene rings is 1. The van der Waals surface area contributed by atoms with E-state index in [9.17, 15) is 14.7 Å². The Kier molecular flexibility index (Phi) is 7.63. The Balaban J connectivity index is 1.81. The van der Waals surface area contributed by atoms with Crippen LogP contribution in [0.4, 0.5) is 0 Å². The highest BCUT2D eigenvalue weighted by Crippen LogP contribution is 2.54. The summed E-state index contributed by atoms with van der Waals surface area (Å²) in [6.45, 7) is 12.9. The Morgan fingerprint density at radius 1 is 1.27 bits per heavy atom. The summed E-state index contributed by atoms with van der Waals surface area (Å²) in [6.07, 6.45) is 7.26. The van der Waals surface area contributed by atoms with Gasteiger partial charge in [0.2, 0.25) is 5.91 Å². The minimum absolute atomic E-state index is 0.0335. The van der Waals surface area contributed by atoms with Gasteiger partial charge >= 0.3 is 5.97 Å². The van der Waals surface area contributed by atoms with E-state index in [2.05, 4.69) is 24.9 Å². The van der Waals surface area contributed by atoms with Gasteiger partial charge in [-0.15, -0.1) is 0 Å². The highest BCUT2D eigenvalue weighted by Gasteiger charge is 2.55. The highest BCUT2D eigenvalue weighted by atomic mass is 16.5. The summed E-state index contributed by atoms with van der Waals surface area (Å²) < 4.78 is 6.00. The number of carboxylic acid groups (broad SMARTS) is 1. The van der Waals surface area contributed by atoms with Gasteiger partial charge < -0.3 is 15.2 Å². The Morgan fingerprint density at radius 3 is 2.61 bits per heavy atom. The second-order valence-corrected chi connectivity index (χ2v) is 10.3. The molecule has 1 amide bonds. The molecule has 0 radical (unpaired) electrons. The van der Waals surface area contributed by atoms with Gasteiger partial charge in [0.15, 0.2) is 0 Å². The maximum absolute atomic E-state index is 12.9. The maximum Gasteiger partial charge on any atom is 0.314 e. The van der Waals surface area contributed by atoms with Crippen LogP contribution in [0.1, 0.15) is 46.1 Å². The Hall–Kier alpha value is -2.66. The van der Waals surface area contributed by atoms with E-state index in [0.29, 0.717) is 32.6 Å². The zero-order valence-corrected chi connectivity index (χ0v) is 20.3. The molecule has 0 bridgehead atoms. The van der Waals surface area contributed by atoms with Gasteiger partial charge in [0.25, 0.3) is 0 Å². The van der Waals surface area contributed by atoms with E-state index in [1.54, 1.807) is 0 Å². The predicted molar refractivity (Wildman–Crippen MR) is 130 cm³/mol. The molecule has 0 saturated heterocycles. The number of hydrogen-bond donors (Lipinski definition) is 2. The van der Waals surface area contributed by atoms with Crippen LogP contribution in [0.3, 0.4) is 0 Å². The third kappa shape index (κ3) is 5.30. The molecular formula is C28H37NO4. The average molecular weight is 452 g/mol. The van der Waals surface area contributed by atoms with Gasteiger partial charge in [-0.3, -0.25) is 9.59 Å². The predicted octanol–water partition coefficient (Wildman–Crippen LogP) is 5.15. The molecule has 0 aromatic heterocycles. The monoisotopic (exact) mass is 451 g/mol. The molecule has 1 aromatic carbocycles. The third-order valence-corrected chi connectivity index (χ3v) is 7.33. The lowest BCUT2D eigenvalue weighted by molar-refractivity contribution is -0.155. The quantitative estimate of drug-likeness (QED) is 0.509. The largest absolute Gasteiger partial charge is 0.481 e. The second-order valence-electron chi connectivity index (χ2n) is 10.3. The number of rotatable bonds is 9. The van der Waals surface area contributed by atoms with Crippen molar-refractivity contribution in [3.63, 3.8) is 0 Å². The molecular weight excluding hydrogens is 414 g/mol. The molecule has 33 heavy (non-hydrogen) atoms. The van der Waals surface area contributed by atoms with Crippen LogP contribution >= 0.6 is 0 Å². The number of aliphatic carboxylic acids is 1. The molecule has 0 aliphatic heterocycles. The van der Waals surface area contributed by atoms with Crippen LogP contribution in [-0.2, 0) is 20.9 Å². The number of hydrogen-bond acceptors (Lipinski definition) is 3. The number of nitrogens with one attached hydrogen (secondary N) is 1. The minimum atomic E-state index is -1.02. The lowest BCUT2D eigenvalue weighted by Gasteiger charge is -2.49. The van der Waals surface area contributed by atoms with Gasteiger partial charge in [-0.1, -0.05) is 80.1 Å². The van der Waals surface area contributed by atoms with Crippen LogP contribution in [0.5, 0.6) is 0 Å². The van der Waals surface area contributed by atoms with Crippen molar-refractivity contribution in [3.8, 4) is 0 Å². The van der Waals surface area contributed by atoms with E-state index in [4.69, 9.17) is 4.74 Å². The van der Waals surface area contributed by atoms with Crippen molar-refractivity contribution in [1.82, 2.24) is 5.32 Å². The number of carbonyl (C=O) groups is 2. The molecule has 0 saturated carbocycles. The molecule has 2 aliphatic rings. The molecule has 0 fully saturated rings. The molecule has 0 unspecified atom stereocenters. The normalized spacial score (nSPS) is 26.8.